The normalized spacial score (nSPS) is 15.8. The van der Waals surface area contributed by atoms with Gasteiger partial charge in [-0.2, -0.15) is 11.8 Å². The molecule has 1 saturated heterocycles. The maximum Gasteiger partial charge on any atom is 0.243 e. The molecule has 126 valence electrons. The third-order valence-corrected chi connectivity index (χ3v) is 4.70. The number of amides is 2. The maximum absolute atomic E-state index is 13.4. The number of carbonyl (C=O) groups is 2. The Labute approximate surface area is 140 Å². The lowest BCUT2D eigenvalue weighted by molar-refractivity contribution is -0.137. The van der Waals surface area contributed by atoms with Crippen LogP contribution in [0, 0.1) is 5.82 Å². The number of halogens is 1. The predicted molar refractivity (Wildman–Crippen MR) is 90.5 cm³/mol. The molecule has 1 aliphatic heterocycles. The summed E-state index contributed by atoms with van der Waals surface area (Å²) in [6, 6.07) is 4.23. The van der Waals surface area contributed by atoms with E-state index in [-0.39, 0.29) is 17.6 Å². The van der Waals surface area contributed by atoms with Crippen LogP contribution in [0.25, 0.3) is 0 Å². The Morgan fingerprint density at radius 2 is 2.22 bits per heavy atom. The van der Waals surface area contributed by atoms with Crippen LogP contribution >= 0.6 is 11.8 Å². The molecule has 0 spiro atoms. The SMILES string of the molecule is CC[C@H](C(=O)NCc1ccc(F)cc1CSC)N1CCCC1=O. The summed E-state index contributed by atoms with van der Waals surface area (Å²) >= 11 is 1.61. The molecule has 1 N–H and O–H groups in total. The molecule has 0 unspecified atom stereocenters. The molecule has 1 heterocycles. The fourth-order valence-corrected chi connectivity index (χ4v) is 3.48. The van der Waals surface area contributed by atoms with Crippen LogP contribution in [0.1, 0.15) is 37.3 Å². The highest BCUT2D eigenvalue weighted by atomic mass is 32.2. The van der Waals surface area contributed by atoms with Crippen molar-refractivity contribution in [3.8, 4) is 0 Å². The van der Waals surface area contributed by atoms with Gasteiger partial charge in [-0.25, -0.2) is 4.39 Å². The average Bonchev–Trinajstić information content (AvgIpc) is 2.94. The van der Waals surface area contributed by atoms with Crippen LogP contribution in [0.5, 0.6) is 0 Å². The average molecular weight is 338 g/mol. The van der Waals surface area contributed by atoms with E-state index in [4.69, 9.17) is 0 Å². The molecule has 6 heteroatoms. The molecule has 0 aliphatic carbocycles. The molecule has 1 aliphatic rings. The number of nitrogens with zero attached hydrogens (tertiary/aromatic N) is 1. The second-order valence-electron chi connectivity index (χ2n) is 5.68. The Bertz CT molecular complexity index is 580. The summed E-state index contributed by atoms with van der Waals surface area (Å²) in [4.78, 5) is 25.9. The molecule has 1 aromatic carbocycles. The number of rotatable bonds is 7. The molecule has 0 bridgehead atoms. The molecular formula is C17H23FN2O2S. The summed E-state index contributed by atoms with van der Waals surface area (Å²) in [6.45, 7) is 2.92. The molecule has 1 atom stereocenters. The van der Waals surface area contributed by atoms with Gasteiger partial charge in [0.1, 0.15) is 11.9 Å². The summed E-state index contributed by atoms with van der Waals surface area (Å²) < 4.78 is 13.4. The number of hydrogen-bond donors (Lipinski definition) is 1. The highest BCUT2D eigenvalue weighted by molar-refractivity contribution is 7.97. The second kappa shape index (κ2) is 8.34. The fourth-order valence-electron chi connectivity index (χ4n) is 2.90. The molecule has 23 heavy (non-hydrogen) atoms. The first-order valence-corrected chi connectivity index (χ1v) is 9.29. The number of likely N-dealkylation sites (tertiary alicyclic amines) is 1. The summed E-state index contributed by atoms with van der Waals surface area (Å²) in [5, 5.41) is 2.90. The number of hydrogen-bond acceptors (Lipinski definition) is 3. The third-order valence-electron chi connectivity index (χ3n) is 4.10. The van der Waals surface area contributed by atoms with Gasteiger partial charge in [-0.3, -0.25) is 9.59 Å². The van der Waals surface area contributed by atoms with Crippen molar-refractivity contribution in [1.82, 2.24) is 10.2 Å². The van der Waals surface area contributed by atoms with Gasteiger partial charge >= 0.3 is 0 Å². The van der Waals surface area contributed by atoms with E-state index in [0.29, 0.717) is 31.7 Å². The Morgan fingerprint density at radius 1 is 1.43 bits per heavy atom. The van der Waals surface area contributed by atoms with Crippen molar-refractivity contribution in [3.63, 3.8) is 0 Å². The minimum absolute atomic E-state index is 0.0526. The number of carbonyl (C=O) groups excluding carboxylic acids is 2. The van der Waals surface area contributed by atoms with Crippen molar-refractivity contribution in [1.29, 1.82) is 0 Å². The highest BCUT2D eigenvalue weighted by Gasteiger charge is 2.31. The molecule has 1 aromatic rings. The van der Waals surface area contributed by atoms with E-state index in [0.717, 1.165) is 17.5 Å². The van der Waals surface area contributed by atoms with Crippen molar-refractivity contribution in [2.45, 2.75) is 44.5 Å². The summed E-state index contributed by atoms with van der Waals surface area (Å²) in [5.41, 5.74) is 1.81. The van der Waals surface area contributed by atoms with Crippen LogP contribution < -0.4 is 5.32 Å². The largest absolute Gasteiger partial charge is 0.350 e. The molecule has 4 nitrogen and oxygen atoms in total. The maximum atomic E-state index is 13.4. The van der Waals surface area contributed by atoms with E-state index in [1.54, 1.807) is 22.7 Å². The number of thioether (sulfide) groups is 1. The van der Waals surface area contributed by atoms with E-state index in [1.807, 2.05) is 13.2 Å². The topological polar surface area (TPSA) is 49.4 Å². The first-order chi connectivity index (χ1) is 11.1. The molecule has 0 saturated carbocycles. The summed E-state index contributed by atoms with van der Waals surface area (Å²) in [5.74, 6) is 0.349. The van der Waals surface area contributed by atoms with Crippen LogP contribution in [-0.2, 0) is 21.9 Å². The lowest BCUT2D eigenvalue weighted by atomic mass is 10.1. The highest BCUT2D eigenvalue weighted by Crippen LogP contribution is 2.18. The smallest absolute Gasteiger partial charge is 0.243 e. The van der Waals surface area contributed by atoms with Gasteiger partial charge in [-0.05, 0) is 42.4 Å². The standard InChI is InChI=1S/C17H23FN2O2S/c1-3-15(20-8-4-5-16(20)21)17(22)19-10-12-6-7-14(18)9-13(12)11-23-2/h6-7,9,15H,3-5,8,10-11H2,1-2H3,(H,19,22)/t15-/m1/s1. The lowest BCUT2D eigenvalue weighted by Gasteiger charge is -2.26. The minimum Gasteiger partial charge on any atom is -0.350 e. The minimum atomic E-state index is -0.408. The Morgan fingerprint density at radius 3 is 2.83 bits per heavy atom. The molecule has 1 fully saturated rings. The molecule has 2 rings (SSSR count). The van der Waals surface area contributed by atoms with Gasteiger partial charge in [0.05, 0.1) is 0 Å². The number of nitrogens with one attached hydrogen (secondary N) is 1. The fraction of sp³-hybridized carbons (Fsp3) is 0.529. The predicted octanol–water partition coefficient (Wildman–Crippen LogP) is 2.71. The summed E-state index contributed by atoms with van der Waals surface area (Å²) in [6.07, 6.45) is 3.90. The van der Waals surface area contributed by atoms with Crippen LogP contribution in [0.2, 0.25) is 0 Å². The van der Waals surface area contributed by atoms with Crippen molar-refractivity contribution < 1.29 is 14.0 Å². The van der Waals surface area contributed by atoms with Gasteiger partial charge < -0.3 is 10.2 Å². The van der Waals surface area contributed by atoms with Gasteiger partial charge in [0, 0.05) is 25.3 Å². The Kier molecular flexibility index (Phi) is 6.45. The van der Waals surface area contributed by atoms with E-state index < -0.39 is 6.04 Å². The first-order valence-electron chi connectivity index (χ1n) is 7.90. The summed E-state index contributed by atoms with van der Waals surface area (Å²) in [7, 11) is 0. The van der Waals surface area contributed by atoms with Crippen LogP contribution in [0.4, 0.5) is 4.39 Å². The molecule has 0 radical (unpaired) electrons. The van der Waals surface area contributed by atoms with E-state index in [1.165, 1.54) is 12.1 Å². The third kappa shape index (κ3) is 4.47. The van der Waals surface area contributed by atoms with E-state index >= 15 is 0 Å². The molecule has 0 aromatic heterocycles. The van der Waals surface area contributed by atoms with Crippen molar-refractivity contribution in [2.24, 2.45) is 0 Å². The Balaban J connectivity index is 2.01. The van der Waals surface area contributed by atoms with Gasteiger partial charge in [0.15, 0.2) is 0 Å². The van der Waals surface area contributed by atoms with Crippen molar-refractivity contribution in [3.05, 3.63) is 35.1 Å². The van der Waals surface area contributed by atoms with Crippen molar-refractivity contribution in [2.75, 3.05) is 12.8 Å². The van der Waals surface area contributed by atoms with E-state index in [9.17, 15) is 14.0 Å². The number of benzene rings is 1. The van der Waals surface area contributed by atoms with Gasteiger partial charge in [0.25, 0.3) is 0 Å². The lowest BCUT2D eigenvalue weighted by Crippen LogP contribution is -2.47. The zero-order valence-corrected chi connectivity index (χ0v) is 14.4. The Hall–Kier alpha value is -1.56. The second-order valence-corrected chi connectivity index (χ2v) is 6.54. The van der Waals surface area contributed by atoms with Crippen LogP contribution in [0.3, 0.4) is 0 Å². The monoisotopic (exact) mass is 338 g/mol. The van der Waals surface area contributed by atoms with E-state index in [2.05, 4.69) is 5.32 Å². The quantitative estimate of drug-likeness (QED) is 0.832. The molecule has 2 amide bonds. The van der Waals surface area contributed by atoms with Crippen LogP contribution in [0.15, 0.2) is 18.2 Å². The first kappa shape index (κ1) is 17.8. The van der Waals surface area contributed by atoms with Gasteiger partial charge in [0.2, 0.25) is 11.8 Å². The van der Waals surface area contributed by atoms with Crippen molar-refractivity contribution >= 4 is 23.6 Å². The van der Waals surface area contributed by atoms with Gasteiger partial charge in [-0.15, -0.1) is 0 Å². The zero-order chi connectivity index (χ0) is 16.8. The van der Waals surface area contributed by atoms with Gasteiger partial charge in [-0.1, -0.05) is 13.0 Å². The van der Waals surface area contributed by atoms with Crippen LogP contribution in [-0.4, -0.2) is 35.6 Å². The molecular weight excluding hydrogens is 315 g/mol. The zero-order valence-electron chi connectivity index (χ0n) is 13.6.